The van der Waals surface area contributed by atoms with Gasteiger partial charge in [0, 0.05) is 0 Å². The summed E-state index contributed by atoms with van der Waals surface area (Å²) >= 11 is 4.23. The standard InChI is InChI=1S/C10H9BrN2O4S3/c11-9-4-5-10(18-9)20(16,17)13-7-2-1-3-8(6-7)19(12,14)15/h1-6,13H,(H2,12,14,15). The van der Waals surface area contributed by atoms with Crippen molar-refractivity contribution in [3.05, 3.63) is 40.2 Å². The Bertz CT molecular complexity index is 843. The number of nitrogens with one attached hydrogen (secondary N) is 1. The maximum Gasteiger partial charge on any atom is 0.271 e. The monoisotopic (exact) mass is 396 g/mol. The Morgan fingerprint density at radius 3 is 2.35 bits per heavy atom. The third kappa shape index (κ3) is 3.58. The molecule has 0 aliphatic heterocycles. The van der Waals surface area contributed by atoms with Gasteiger partial charge < -0.3 is 0 Å². The molecule has 0 spiro atoms. The van der Waals surface area contributed by atoms with E-state index >= 15 is 0 Å². The lowest BCUT2D eigenvalue weighted by molar-refractivity contribution is 0.596. The summed E-state index contributed by atoms with van der Waals surface area (Å²) < 4.78 is 49.7. The third-order valence-corrected chi connectivity index (χ3v) is 6.64. The van der Waals surface area contributed by atoms with Gasteiger partial charge in [-0.05, 0) is 46.3 Å². The molecule has 0 atom stereocenters. The molecule has 20 heavy (non-hydrogen) atoms. The van der Waals surface area contributed by atoms with Crippen molar-refractivity contribution < 1.29 is 16.8 Å². The van der Waals surface area contributed by atoms with Crippen molar-refractivity contribution in [1.29, 1.82) is 0 Å². The lowest BCUT2D eigenvalue weighted by atomic mass is 10.3. The topological polar surface area (TPSA) is 106 Å². The van der Waals surface area contributed by atoms with Crippen molar-refractivity contribution in [2.45, 2.75) is 9.10 Å². The molecular weight excluding hydrogens is 388 g/mol. The predicted octanol–water partition coefficient (Wildman–Crippen LogP) is 1.96. The Kier molecular flexibility index (Phi) is 4.21. The van der Waals surface area contributed by atoms with Gasteiger partial charge in [0.05, 0.1) is 14.4 Å². The molecule has 10 heteroatoms. The van der Waals surface area contributed by atoms with Gasteiger partial charge in [0.15, 0.2) is 0 Å². The van der Waals surface area contributed by atoms with Crippen LogP contribution in [0.4, 0.5) is 5.69 Å². The largest absolute Gasteiger partial charge is 0.279 e. The van der Waals surface area contributed by atoms with E-state index in [4.69, 9.17) is 5.14 Å². The average Bonchev–Trinajstić information content (AvgIpc) is 2.75. The van der Waals surface area contributed by atoms with Crippen LogP contribution in [0.5, 0.6) is 0 Å². The number of thiophene rings is 1. The van der Waals surface area contributed by atoms with Gasteiger partial charge in [-0.25, -0.2) is 22.0 Å². The summed E-state index contributed by atoms with van der Waals surface area (Å²) in [5, 5.41) is 4.99. The number of benzene rings is 1. The first-order valence-electron chi connectivity index (χ1n) is 5.09. The molecule has 0 unspecified atom stereocenters. The molecule has 1 aromatic heterocycles. The number of anilines is 1. The highest BCUT2D eigenvalue weighted by atomic mass is 79.9. The number of rotatable bonds is 4. The quantitative estimate of drug-likeness (QED) is 0.823. The fourth-order valence-corrected chi connectivity index (χ4v) is 5.00. The first-order chi connectivity index (χ1) is 9.18. The van der Waals surface area contributed by atoms with Crippen LogP contribution in [0.25, 0.3) is 0 Å². The first-order valence-corrected chi connectivity index (χ1v) is 9.73. The van der Waals surface area contributed by atoms with Crippen LogP contribution in [-0.4, -0.2) is 16.8 Å². The fraction of sp³-hybridized carbons (Fsp3) is 0. The Morgan fingerprint density at radius 2 is 1.80 bits per heavy atom. The van der Waals surface area contributed by atoms with E-state index in [9.17, 15) is 16.8 Å². The van der Waals surface area contributed by atoms with Gasteiger partial charge in [0.2, 0.25) is 10.0 Å². The third-order valence-electron chi connectivity index (χ3n) is 2.23. The van der Waals surface area contributed by atoms with Crippen molar-refractivity contribution in [3.8, 4) is 0 Å². The van der Waals surface area contributed by atoms with Gasteiger partial charge in [0.25, 0.3) is 10.0 Å². The van der Waals surface area contributed by atoms with Crippen LogP contribution in [-0.2, 0) is 20.0 Å². The molecule has 0 saturated heterocycles. The van der Waals surface area contributed by atoms with E-state index in [0.29, 0.717) is 3.79 Å². The second kappa shape index (κ2) is 5.45. The van der Waals surface area contributed by atoms with E-state index in [2.05, 4.69) is 20.7 Å². The molecule has 0 radical (unpaired) electrons. The molecule has 2 rings (SSSR count). The summed E-state index contributed by atoms with van der Waals surface area (Å²) in [6.07, 6.45) is 0. The Hall–Kier alpha value is -0.940. The fourth-order valence-electron chi connectivity index (χ4n) is 1.38. The molecule has 1 heterocycles. The van der Waals surface area contributed by atoms with E-state index in [1.807, 2.05) is 0 Å². The van der Waals surface area contributed by atoms with Crippen LogP contribution in [0.15, 0.2) is 49.3 Å². The van der Waals surface area contributed by atoms with Gasteiger partial charge in [0.1, 0.15) is 4.21 Å². The molecule has 3 N–H and O–H groups in total. The van der Waals surface area contributed by atoms with Gasteiger partial charge in [-0.1, -0.05) is 6.07 Å². The minimum Gasteiger partial charge on any atom is -0.279 e. The highest BCUT2D eigenvalue weighted by Gasteiger charge is 2.17. The number of nitrogens with two attached hydrogens (primary N) is 1. The predicted molar refractivity (Wildman–Crippen MR) is 80.6 cm³/mol. The minimum atomic E-state index is -3.88. The van der Waals surface area contributed by atoms with E-state index in [0.717, 1.165) is 17.4 Å². The van der Waals surface area contributed by atoms with Crippen LogP contribution in [0, 0.1) is 0 Å². The van der Waals surface area contributed by atoms with Crippen LogP contribution in [0.2, 0.25) is 0 Å². The van der Waals surface area contributed by atoms with E-state index in [1.54, 1.807) is 6.07 Å². The lowest BCUT2D eigenvalue weighted by Crippen LogP contribution is -2.14. The maximum absolute atomic E-state index is 12.1. The van der Waals surface area contributed by atoms with Crippen molar-refractivity contribution in [1.82, 2.24) is 0 Å². The molecule has 0 aliphatic rings. The molecular formula is C10H9BrN2O4S3. The molecule has 2 aromatic rings. The average molecular weight is 397 g/mol. The molecule has 0 saturated carbocycles. The smallest absolute Gasteiger partial charge is 0.271 e. The number of hydrogen-bond donors (Lipinski definition) is 2. The normalized spacial score (nSPS) is 12.3. The van der Waals surface area contributed by atoms with Crippen LogP contribution in [0.3, 0.4) is 0 Å². The number of primary sulfonamides is 1. The zero-order chi connectivity index (χ0) is 15.0. The summed E-state index contributed by atoms with van der Waals surface area (Å²) in [5.74, 6) is 0. The van der Waals surface area contributed by atoms with Crippen molar-refractivity contribution in [2.24, 2.45) is 5.14 Å². The molecule has 108 valence electrons. The molecule has 0 fully saturated rings. The Labute approximate surface area is 128 Å². The zero-order valence-corrected chi connectivity index (χ0v) is 13.8. The van der Waals surface area contributed by atoms with Gasteiger partial charge in [-0.2, -0.15) is 0 Å². The van der Waals surface area contributed by atoms with Gasteiger partial charge in [-0.15, -0.1) is 11.3 Å². The van der Waals surface area contributed by atoms with Crippen LogP contribution < -0.4 is 9.86 Å². The minimum absolute atomic E-state index is 0.116. The molecule has 1 aromatic carbocycles. The molecule has 0 bridgehead atoms. The SMILES string of the molecule is NS(=O)(=O)c1cccc(NS(=O)(=O)c2ccc(Br)s2)c1. The summed E-state index contributed by atoms with van der Waals surface area (Å²) in [6, 6.07) is 8.35. The molecule has 6 nitrogen and oxygen atoms in total. The Morgan fingerprint density at radius 1 is 1.10 bits per heavy atom. The van der Waals surface area contributed by atoms with Crippen molar-refractivity contribution >= 4 is 53.0 Å². The van der Waals surface area contributed by atoms with Gasteiger partial charge in [-0.3, -0.25) is 4.72 Å². The second-order valence-corrected chi connectivity index (χ2v) is 9.67. The lowest BCUT2D eigenvalue weighted by Gasteiger charge is -2.07. The zero-order valence-electron chi connectivity index (χ0n) is 9.78. The van der Waals surface area contributed by atoms with Crippen molar-refractivity contribution in [2.75, 3.05) is 4.72 Å². The summed E-state index contributed by atoms with van der Waals surface area (Å²) in [5.41, 5.74) is 0.126. The van der Waals surface area contributed by atoms with Crippen LogP contribution >= 0.6 is 27.3 Å². The Balaban J connectivity index is 2.35. The van der Waals surface area contributed by atoms with Crippen LogP contribution in [0.1, 0.15) is 0 Å². The number of sulfonamides is 2. The molecule has 0 amide bonds. The van der Waals surface area contributed by atoms with E-state index in [1.165, 1.54) is 24.3 Å². The highest BCUT2D eigenvalue weighted by Crippen LogP contribution is 2.27. The van der Waals surface area contributed by atoms with Crippen molar-refractivity contribution in [3.63, 3.8) is 0 Å². The first kappa shape index (κ1) is 15.4. The van der Waals surface area contributed by atoms with E-state index < -0.39 is 20.0 Å². The molecule has 0 aliphatic carbocycles. The second-order valence-electron chi connectivity index (χ2n) is 3.74. The van der Waals surface area contributed by atoms with E-state index in [-0.39, 0.29) is 14.8 Å². The number of halogens is 1. The summed E-state index contributed by atoms with van der Waals surface area (Å²) in [4.78, 5) is -0.162. The van der Waals surface area contributed by atoms with Gasteiger partial charge >= 0.3 is 0 Å². The highest BCUT2D eigenvalue weighted by molar-refractivity contribution is 9.11. The maximum atomic E-state index is 12.1. The summed E-state index contributed by atoms with van der Waals surface area (Å²) in [7, 11) is -7.63. The summed E-state index contributed by atoms with van der Waals surface area (Å²) in [6.45, 7) is 0. The number of hydrogen-bond acceptors (Lipinski definition) is 5.